The number of benzene rings is 2. The van der Waals surface area contributed by atoms with Gasteiger partial charge in [-0.2, -0.15) is 5.10 Å². The van der Waals surface area contributed by atoms with Crippen molar-refractivity contribution in [2.24, 2.45) is 0 Å². The van der Waals surface area contributed by atoms with E-state index in [9.17, 15) is 9.59 Å². The van der Waals surface area contributed by atoms with Crippen molar-refractivity contribution >= 4 is 39.2 Å². The van der Waals surface area contributed by atoms with Crippen molar-refractivity contribution in [3.8, 4) is 5.69 Å². The lowest BCUT2D eigenvalue weighted by Crippen LogP contribution is -2.14. The fraction of sp³-hybridized carbons (Fsp3) is 0. The van der Waals surface area contributed by atoms with Gasteiger partial charge in [0.2, 0.25) is 0 Å². The number of carbonyl (C=O) groups excluding carboxylic acids is 2. The fourth-order valence-electron chi connectivity index (χ4n) is 2.67. The normalized spacial score (nSPS) is 10.5. The van der Waals surface area contributed by atoms with Crippen LogP contribution in [-0.2, 0) is 0 Å². The van der Waals surface area contributed by atoms with E-state index < -0.39 is 5.91 Å². The Bertz CT molecular complexity index is 1170. The third kappa shape index (κ3) is 4.44. The fourth-order valence-corrected chi connectivity index (χ4v) is 2.98. The Hall–Kier alpha value is -3.65. The lowest BCUT2D eigenvalue weighted by atomic mass is 10.2. The molecule has 2 heterocycles. The average molecular weight is 451 g/mol. The molecule has 2 amide bonds. The molecule has 0 aliphatic rings. The summed E-state index contributed by atoms with van der Waals surface area (Å²) in [6, 6.07) is 21.1. The van der Waals surface area contributed by atoms with Crippen molar-refractivity contribution in [1.29, 1.82) is 0 Å². The van der Waals surface area contributed by atoms with Gasteiger partial charge in [0, 0.05) is 23.5 Å². The van der Waals surface area contributed by atoms with Crippen LogP contribution in [0.3, 0.4) is 0 Å². The Morgan fingerprint density at radius 1 is 0.897 bits per heavy atom. The molecule has 0 radical (unpaired) electrons. The largest absolute Gasteiger partial charge is 0.444 e. The predicted octanol–water partition coefficient (Wildman–Crippen LogP) is 4.73. The second-order valence-electron chi connectivity index (χ2n) is 6.07. The molecule has 2 aromatic carbocycles. The highest BCUT2D eigenvalue weighted by molar-refractivity contribution is 9.10. The average Bonchev–Trinajstić information content (AvgIpc) is 3.38. The van der Waals surface area contributed by atoms with Crippen LogP contribution in [0.25, 0.3) is 5.69 Å². The summed E-state index contributed by atoms with van der Waals surface area (Å²) in [5.74, 6) is -0.151. The minimum atomic E-state index is -0.408. The van der Waals surface area contributed by atoms with Gasteiger partial charge in [-0.05, 0) is 58.4 Å². The second-order valence-corrected chi connectivity index (χ2v) is 6.86. The van der Waals surface area contributed by atoms with Gasteiger partial charge in [0.05, 0.1) is 5.69 Å². The first-order valence-corrected chi connectivity index (χ1v) is 9.47. The molecule has 2 aromatic heterocycles. The maximum absolute atomic E-state index is 12.6. The number of hydrogen-bond donors (Lipinski definition) is 2. The van der Waals surface area contributed by atoms with Crippen LogP contribution in [0.4, 0.5) is 11.5 Å². The third-order valence-electron chi connectivity index (χ3n) is 4.03. The molecule has 0 saturated heterocycles. The molecule has 0 aliphatic carbocycles. The number of halogens is 1. The summed E-state index contributed by atoms with van der Waals surface area (Å²) in [4.78, 5) is 24.8. The van der Waals surface area contributed by atoms with E-state index in [2.05, 4.69) is 31.7 Å². The van der Waals surface area contributed by atoms with Crippen LogP contribution in [0.15, 0.2) is 88.1 Å². The van der Waals surface area contributed by atoms with Gasteiger partial charge in [0.25, 0.3) is 11.8 Å². The minimum absolute atomic E-state index is 0.165. The number of aromatic nitrogens is 2. The van der Waals surface area contributed by atoms with Gasteiger partial charge in [-0.1, -0.05) is 24.3 Å². The molecule has 0 spiro atoms. The van der Waals surface area contributed by atoms with Crippen LogP contribution in [0.5, 0.6) is 0 Å². The molecule has 0 bridgehead atoms. The molecule has 0 atom stereocenters. The van der Waals surface area contributed by atoms with Crippen LogP contribution >= 0.6 is 15.9 Å². The maximum Gasteiger partial charge on any atom is 0.291 e. The monoisotopic (exact) mass is 450 g/mol. The minimum Gasteiger partial charge on any atom is -0.444 e. The summed E-state index contributed by atoms with van der Waals surface area (Å²) in [6.07, 6.45) is 1.77. The van der Waals surface area contributed by atoms with Crippen LogP contribution in [0.1, 0.15) is 20.9 Å². The lowest BCUT2D eigenvalue weighted by Gasteiger charge is -2.06. The summed E-state index contributed by atoms with van der Waals surface area (Å²) in [5, 5.41) is 9.82. The molecule has 8 heteroatoms. The first-order valence-electron chi connectivity index (χ1n) is 8.68. The van der Waals surface area contributed by atoms with E-state index in [4.69, 9.17) is 4.42 Å². The lowest BCUT2D eigenvalue weighted by molar-refractivity contribution is 0.0992. The van der Waals surface area contributed by atoms with Gasteiger partial charge in [0.15, 0.2) is 16.2 Å². The number of carbonyl (C=O) groups is 2. The molecule has 4 rings (SSSR count). The van der Waals surface area contributed by atoms with Crippen molar-refractivity contribution in [2.45, 2.75) is 0 Å². The standard InChI is InChI=1S/C21H15BrN4O3/c22-18-10-9-17(29-18)21(28)23-15-6-4-5-14(13-15)20(27)24-19-11-12-26(25-19)16-7-2-1-3-8-16/h1-13H,(H,23,28)(H,24,25,27). The highest BCUT2D eigenvalue weighted by Gasteiger charge is 2.13. The molecule has 0 fully saturated rings. The van der Waals surface area contributed by atoms with Crippen LogP contribution in [-0.4, -0.2) is 21.6 Å². The predicted molar refractivity (Wildman–Crippen MR) is 112 cm³/mol. The Kier molecular flexibility index (Phi) is 5.26. The number of nitrogens with zero attached hydrogens (tertiary/aromatic N) is 2. The molecular formula is C21H15BrN4O3. The van der Waals surface area contributed by atoms with E-state index in [-0.39, 0.29) is 11.7 Å². The summed E-state index contributed by atoms with van der Waals surface area (Å²) in [5.41, 5.74) is 1.75. The van der Waals surface area contributed by atoms with Gasteiger partial charge in [-0.25, -0.2) is 4.68 Å². The molecule has 0 aliphatic heterocycles. The number of para-hydroxylation sites is 1. The van der Waals surface area contributed by atoms with E-state index in [1.54, 1.807) is 53.3 Å². The Labute approximate surface area is 174 Å². The van der Waals surface area contributed by atoms with Gasteiger partial charge >= 0.3 is 0 Å². The quantitative estimate of drug-likeness (QED) is 0.459. The summed E-state index contributed by atoms with van der Waals surface area (Å²) in [7, 11) is 0. The Morgan fingerprint density at radius 2 is 1.72 bits per heavy atom. The number of rotatable bonds is 5. The number of anilines is 2. The zero-order chi connectivity index (χ0) is 20.2. The number of hydrogen-bond acceptors (Lipinski definition) is 4. The van der Waals surface area contributed by atoms with Gasteiger partial charge in [0.1, 0.15) is 0 Å². The third-order valence-corrected chi connectivity index (χ3v) is 4.46. The van der Waals surface area contributed by atoms with E-state index in [0.29, 0.717) is 21.7 Å². The maximum atomic E-state index is 12.6. The first-order chi connectivity index (χ1) is 14.1. The van der Waals surface area contributed by atoms with Gasteiger partial charge in [-0.3, -0.25) is 9.59 Å². The van der Waals surface area contributed by atoms with Crippen molar-refractivity contribution in [2.75, 3.05) is 10.6 Å². The summed E-state index contributed by atoms with van der Waals surface area (Å²) < 4.78 is 7.37. The van der Waals surface area contributed by atoms with E-state index in [1.165, 1.54) is 0 Å². The number of furan rings is 1. The highest BCUT2D eigenvalue weighted by Crippen LogP contribution is 2.18. The molecular weight excluding hydrogens is 436 g/mol. The smallest absolute Gasteiger partial charge is 0.291 e. The molecule has 144 valence electrons. The summed E-state index contributed by atoms with van der Waals surface area (Å²) >= 11 is 3.16. The zero-order valence-electron chi connectivity index (χ0n) is 15.0. The molecule has 7 nitrogen and oxygen atoms in total. The zero-order valence-corrected chi connectivity index (χ0v) is 16.6. The summed E-state index contributed by atoms with van der Waals surface area (Å²) in [6.45, 7) is 0. The van der Waals surface area contributed by atoms with Crippen molar-refractivity contribution in [3.63, 3.8) is 0 Å². The van der Waals surface area contributed by atoms with Gasteiger partial charge < -0.3 is 15.1 Å². The van der Waals surface area contributed by atoms with E-state index >= 15 is 0 Å². The SMILES string of the molecule is O=C(Nc1ccn(-c2ccccc2)n1)c1cccc(NC(=O)c2ccc(Br)o2)c1. The molecule has 0 unspecified atom stereocenters. The topological polar surface area (TPSA) is 89.2 Å². The highest BCUT2D eigenvalue weighted by atomic mass is 79.9. The molecule has 4 aromatic rings. The first kappa shape index (κ1) is 18.7. The van der Waals surface area contributed by atoms with E-state index in [0.717, 1.165) is 5.69 Å². The Morgan fingerprint density at radius 3 is 2.48 bits per heavy atom. The number of amides is 2. The molecule has 2 N–H and O–H groups in total. The van der Waals surface area contributed by atoms with Crippen molar-refractivity contribution in [3.05, 3.63) is 95.0 Å². The molecule has 0 saturated carbocycles. The van der Waals surface area contributed by atoms with Gasteiger partial charge in [-0.15, -0.1) is 0 Å². The van der Waals surface area contributed by atoms with Crippen LogP contribution < -0.4 is 10.6 Å². The molecule has 29 heavy (non-hydrogen) atoms. The van der Waals surface area contributed by atoms with Crippen molar-refractivity contribution < 1.29 is 14.0 Å². The number of nitrogens with one attached hydrogen (secondary N) is 2. The Balaban J connectivity index is 1.45. The van der Waals surface area contributed by atoms with Crippen molar-refractivity contribution in [1.82, 2.24) is 9.78 Å². The second kappa shape index (κ2) is 8.15. The van der Waals surface area contributed by atoms with Crippen LogP contribution in [0, 0.1) is 0 Å². The van der Waals surface area contributed by atoms with E-state index in [1.807, 2.05) is 30.3 Å². The van der Waals surface area contributed by atoms with Crippen LogP contribution in [0.2, 0.25) is 0 Å².